The summed E-state index contributed by atoms with van der Waals surface area (Å²) < 4.78 is 11.3. The third kappa shape index (κ3) is 3.95. The minimum atomic E-state index is -0.782. The van der Waals surface area contributed by atoms with Gasteiger partial charge in [0.25, 0.3) is 11.7 Å². The molecule has 2 aliphatic heterocycles. The molecule has 5 rings (SSSR count). The zero-order valence-electron chi connectivity index (χ0n) is 19.9. The third-order valence-electron chi connectivity index (χ3n) is 6.50. The van der Waals surface area contributed by atoms with Crippen LogP contribution in [0, 0.1) is 6.92 Å². The van der Waals surface area contributed by atoms with Crippen LogP contribution in [0.25, 0.3) is 5.76 Å². The lowest BCUT2D eigenvalue weighted by Crippen LogP contribution is -2.30. The maximum atomic E-state index is 13.4. The molecule has 2 atom stereocenters. The summed E-state index contributed by atoms with van der Waals surface area (Å²) in [6.45, 7) is 6.32. The minimum absolute atomic E-state index is 0.0536. The summed E-state index contributed by atoms with van der Waals surface area (Å²) >= 11 is 0. The number of nitrogens with zero attached hydrogens (tertiary/aromatic N) is 1. The molecule has 6 heteroatoms. The number of para-hydroxylation sites is 1. The van der Waals surface area contributed by atoms with Gasteiger partial charge >= 0.3 is 0 Å². The fourth-order valence-electron chi connectivity index (χ4n) is 4.87. The average Bonchev–Trinajstić information content (AvgIpc) is 3.35. The van der Waals surface area contributed by atoms with Crippen LogP contribution in [0.4, 0.5) is 5.69 Å². The number of carbonyl (C=O) groups is 2. The van der Waals surface area contributed by atoms with Gasteiger partial charge in [0.2, 0.25) is 0 Å². The number of aryl methyl sites for hydroxylation is 1. The van der Waals surface area contributed by atoms with Crippen molar-refractivity contribution in [1.29, 1.82) is 0 Å². The van der Waals surface area contributed by atoms with Gasteiger partial charge in [-0.1, -0.05) is 30.3 Å². The van der Waals surface area contributed by atoms with Gasteiger partial charge in [0.15, 0.2) is 0 Å². The first-order chi connectivity index (χ1) is 16.9. The molecule has 2 unspecified atom stereocenters. The Labute approximate surface area is 204 Å². The van der Waals surface area contributed by atoms with Crippen LogP contribution in [0.1, 0.15) is 42.1 Å². The molecular formula is C29H27NO5. The second-order valence-electron chi connectivity index (χ2n) is 8.91. The van der Waals surface area contributed by atoms with E-state index in [0.717, 1.165) is 23.3 Å². The Morgan fingerprint density at radius 1 is 1.09 bits per heavy atom. The zero-order valence-corrected chi connectivity index (χ0v) is 19.9. The summed E-state index contributed by atoms with van der Waals surface area (Å²) in [5.74, 6) is -0.109. The lowest BCUT2D eigenvalue weighted by Gasteiger charge is -2.27. The van der Waals surface area contributed by atoms with Gasteiger partial charge in [-0.15, -0.1) is 0 Å². The predicted octanol–water partition coefficient (Wildman–Crippen LogP) is 5.34. The molecule has 1 N–H and O–H groups in total. The number of rotatable bonds is 5. The van der Waals surface area contributed by atoms with E-state index in [-0.39, 0.29) is 17.4 Å². The first-order valence-corrected chi connectivity index (χ1v) is 11.8. The number of Topliss-reactive ketones (excluding diaryl/α,β-unsaturated/α-hetero) is 1. The van der Waals surface area contributed by atoms with Crippen molar-refractivity contribution >= 4 is 23.1 Å². The van der Waals surface area contributed by atoms with Crippen molar-refractivity contribution in [2.45, 2.75) is 39.3 Å². The van der Waals surface area contributed by atoms with E-state index in [1.807, 2.05) is 75.4 Å². The van der Waals surface area contributed by atoms with Crippen molar-refractivity contribution < 1.29 is 24.2 Å². The maximum Gasteiger partial charge on any atom is 0.300 e. The summed E-state index contributed by atoms with van der Waals surface area (Å²) in [4.78, 5) is 28.3. The monoisotopic (exact) mass is 469 g/mol. The molecule has 0 aromatic heterocycles. The Kier molecular flexibility index (Phi) is 5.81. The van der Waals surface area contributed by atoms with Gasteiger partial charge in [0.1, 0.15) is 23.4 Å². The highest BCUT2D eigenvalue weighted by Crippen LogP contribution is 2.44. The van der Waals surface area contributed by atoms with Crippen LogP contribution in [0.2, 0.25) is 0 Å². The predicted molar refractivity (Wildman–Crippen MR) is 134 cm³/mol. The number of anilines is 1. The molecule has 2 aliphatic rings. The van der Waals surface area contributed by atoms with Crippen LogP contribution in [0.3, 0.4) is 0 Å². The minimum Gasteiger partial charge on any atom is -0.507 e. The SMILES string of the molecule is CCOc1ccc(C2/C(=C(/O)c3ccc4c(c3)CC(C)O4)C(=O)C(=O)N2c2ccccc2C)cc1. The van der Waals surface area contributed by atoms with Crippen molar-refractivity contribution in [2.24, 2.45) is 0 Å². The van der Waals surface area contributed by atoms with Gasteiger partial charge in [-0.3, -0.25) is 14.5 Å². The molecule has 0 saturated carbocycles. The second-order valence-corrected chi connectivity index (χ2v) is 8.91. The molecule has 3 aromatic carbocycles. The number of hydrogen-bond acceptors (Lipinski definition) is 5. The van der Waals surface area contributed by atoms with Crippen LogP contribution in [-0.4, -0.2) is 29.5 Å². The molecule has 0 radical (unpaired) electrons. The van der Waals surface area contributed by atoms with Crippen molar-refractivity contribution in [3.8, 4) is 11.5 Å². The first kappa shape index (κ1) is 22.7. The number of aliphatic hydroxyl groups excluding tert-OH is 1. The van der Waals surface area contributed by atoms with Gasteiger partial charge in [-0.05, 0) is 73.9 Å². The molecule has 0 spiro atoms. The number of aliphatic hydroxyl groups is 1. The van der Waals surface area contributed by atoms with E-state index < -0.39 is 17.7 Å². The van der Waals surface area contributed by atoms with Crippen molar-refractivity contribution in [3.05, 3.63) is 94.6 Å². The smallest absolute Gasteiger partial charge is 0.300 e. The lowest BCUT2D eigenvalue weighted by atomic mass is 9.94. The lowest BCUT2D eigenvalue weighted by molar-refractivity contribution is -0.132. The van der Waals surface area contributed by atoms with Crippen LogP contribution in [-0.2, 0) is 16.0 Å². The van der Waals surface area contributed by atoms with E-state index in [4.69, 9.17) is 9.47 Å². The number of ether oxygens (including phenoxy) is 2. The summed E-state index contributed by atoms with van der Waals surface area (Å²) in [5.41, 5.74) is 3.70. The van der Waals surface area contributed by atoms with Crippen molar-refractivity contribution in [1.82, 2.24) is 0 Å². The van der Waals surface area contributed by atoms with Gasteiger partial charge in [-0.2, -0.15) is 0 Å². The summed E-state index contributed by atoms with van der Waals surface area (Å²) in [6.07, 6.45) is 0.772. The highest BCUT2D eigenvalue weighted by molar-refractivity contribution is 6.51. The van der Waals surface area contributed by atoms with Gasteiger partial charge in [-0.25, -0.2) is 0 Å². The molecular weight excluding hydrogens is 442 g/mol. The number of fused-ring (bicyclic) bond motifs is 1. The Hall–Kier alpha value is -4.06. The highest BCUT2D eigenvalue weighted by Gasteiger charge is 2.47. The summed E-state index contributed by atoms with van der Waals surface area (Å²) in [6, 6.07) is 19.3. The van der Waals surface area contributed by atoms with E-state index in [0.29, 0.717) is 29.2 Å². The molecule has 0 aliphatic carbocycles. The molecule has 3 aromatic rings. The summed E-state index contributed by atoms with van der Waals surface area (Å²) in [5, 5.41) is 11.4. The van der Waals surface area contributed by atoms with Gasteiger partial charge < -0.3 is 14.6 Å². The molecule has 1 fully saturated rings. The molecule has 1 amide bonds. The van der Waals surface area contributed by atoms with E-state index in [2.05, 4.69) is 0 Å². The van der Waals surface area contributed by atoms with Crippen molar-refractivity contribution in [3.63, 3.8) is 0 Å². The Morgan fingerprint density at radius 2 is 1.83 bits per heavy atom. The first-order valence-electron chi connectivity index (χ1n) is 11.8. The number of carbonyl (C=O) groups excluding carboxylic acids is 2. The Balaban J connectivity index is 1.68. The zero-order chi connectivity index (χ0) is 24.7. The fourth-order valence-corrected chi connectivity index (χ4v) is 4.87. The third-order valence-corrected chi connectivity index (χ3v) is 6.50. The Bertz CT molecular complexity index is 1340. The standard InChI is InChI=1S/C29H27NO5/c1-4-34-22-12-9-19(10-13-22)26-25(27(31)20-11-14-24-21(16-20)15-18(3)35-24)28(32)29(33)30(26)23-8-6-5-7-17(23)2/h5-14,16,18,26,31H,4,15H2,1-3H3/b27-25-. The normalized spacial score (nSPS) is 20.6. The second kappa shape index (κ2) is 8.95. The number of benzene rings is 3. The number of hydrogen-bond donors (Lipinski definition) is 1. The van der Waals surface area contributed by atoms with Crippen LogP contribution < -0.4 is 14.4 Å². The number of amides is 1. The van der Waals surface area contributed by atoms with E-state index in [1.165, 1.54) is 4.90 Å². The van der Waals surface area contributed by atoms with Crippen LogP contribution in [0.5, 0.6) is 11.5 Å². The van der Waals surface area contributed by atoms with E-state index in [9.17, 15) is 14.7 Å². The summed E-state index contributed by atoms with van der Waals surface area (Å²) in [7, 11) is 0. The van der Waals surface area contributed by atoms with Gasteiger partial charge in [0.05, 0.1) is 18.2 Å². The maximum absolute atomic E-state index is 13.4. The molecule has 35 heavy (non-hydrogen) atoms. The van der Waals surface area contributed by atoms with E-state index >= 15 is 0 Å². The highest BCUT2D eigenvalue weighted by atomic mass is 16.5. The molecule has 6 nitrogen and oxygen atoms in total. The fraction of sp³-hybridized carbons (Fsp3) is 0.241. The topological polar surface area (TPSA) is 76.1 Å². The largest absolute Gasteiger partial charge is 0.507 e. The van der Waals surface area contributed by atoms with E-state index in [1.54, 1.807) is 12.1 Å². The molecule has 1 saturated heterocycles. The molecule has 2 heterocycles. The number of ketones is 1. The molecule has 178 valence electrons. The molecule has 0 bridgehead atoms. The Morgan fingerprint density at radius 3 is 2.54 bits per heavy atom. The van der Waals surface area contributed by atoms with Gasteiger partial charge in [0, 0.05) is 17.7 Å². The quantitative estimate of drug-likeness (QED) is 0.310. The van der Waals surface area contributed by atoms with Crippen molar-refractivity contribution in [2.75, 3.05) is 11.5 Å². The van der Waals surface area contributed by atoms with Crippen LogP contribution >= 0.6 is 0 Å². The average molecular weight is 470 g/mol. The van der Waals surface area contributed by atoms with Crippen LogP contribution in [0.15, 0.2) is 72.3 Å².